The highest BCUT2D eigenvalue weighted by Gasteiger charge is 2.33. The molecule has 22 heavy (non-hydrogen) atoms. The van der Waals surface area contributed by atoms with Gasteiger partial charge in [-0.15, -0.1) is 0 Å². The Hall–Kier alpha value is -1.63. The van der Waals surface area contributed by atoms with Crippen molar-refractivity contribution in [2.24, 2.45) is 0 Å². The van der Waals surface area contributed by atoms with Crippen LogP contribution in [0, 0.1) is 0 Å². The molecule has 0 bridgehead atoms. The van der Waals surface area contributed by atoms with E-state index in [9.17, 15) is 9.59 Å². The maximum atomic E-state index is 12.5. The summed E-state index contributed by atoms with van der Waals surface area (Å²) >= 11 is 3.31. The summed E-state index contributed by atoms with van der Waals surface area (Å²) in [6.07, 6.45) is 1.60. The molecule has 1 aromatic heterocycles. The average Bonchev–Trinajstić information content (AvgIpc) is 2.40. The van der Waals surface area contributed by atoms with Crippen LogP contribution in [-0.2, 0) is 9.53 Å². The van der Waals surface area contributed by atoms with Crippen LogP contribution < -0.4 is 10.2 Å². The molecule has 0 spiro atoms. The zero-order valence-corrected chi connectivity index (χ0v) is 14.5. The number of aromatic nitrogens is 1. The van der Waals surface area contributed by atoms with Gasteiger partial charge in [0.15, 0.2) is 6.10 Å². The van der Waals surface area contributed by atoms with E-state index in [-0.39, 0.29) is 5.91 Å². The third-order valence-corrected chi connectivity index (χ3v) is 3.57. The topological polar surface area (TPSA) is 71.5 Å². The second kappa shape index (κ2) is 6.64. The van der Waals surface area contributed by atoms with Crippen molar-refractivity contribution in [3.8, 4) is 0 Å². The predicted octanol–water partition coefficient (Wildman–Crippen LogP) is 2.86. The molecule has 1 N–H and O–H groups in total. The fraction of sp³-hybridized carbons (Fsp3) is 0.533. The van der Waals surface area contributed by atoms with Gasteiger partial charge in [-0.2, -0.15) is 0 Å². The Morgan fingerprint density at radius 3 is 2.77 bits per heavy atom. The maximum absolute atomic E-state index is 12.5. The van der Waals surface area contributed by atoms with E-state index in [0.717, 1.165) is 10.9 Å². The summed E-state index contributed by atoms with van der Waals surface area (Å²) in [5, 5.41) is 2.70. The molecule has 120 valence electrons. The van der Waals surface area contributed by atoms with Gasteiger partial charge in [0.2, 0.25) is 0 Å². The molecule has 1 saturated heterocycles. The molecular weight excluding hydrogens is 350 g/mol. The van der Waals surface area contributed by atoms with E-state index in [2.05, 4.69) is 26.2 Å². The number of carbonyl (C=O) groups excluding carboxylic acids is 2. The van der Waals surface area contributed by atoms with Crippen molar-refractivity contribution in [1.29, 1.82) is 0 Å². The normalized spacial score (nSPS) is 19.0. The van der Waals surface area contributed by atoms with Crippen LogP contribution in [0.1, 0.15) is 33.6 Å². The van der Waals surface area contributed by atoms with Gasteiger partial charge in [-0.3, -0.25) is 9.69 Å². The Morgan fingerprint density at radius 1 is 1.45 bits per heavy atom. The van der Waals surface area contributed by atoms with Gasteiger partial charge in [-0.25, -0.2) is 9.78 Å². The fourth-order valence-electron chi connectivity index (χ4n) is 2.17. The first-order valence-electron chi connectivity index (χ1n) is 7.18. The van der Waals surface area contributed by atoms with Crippen LogP contribution in [0.5, 0.6) is 0 Å². The summed E-state index contributed by atoms with van der Waals surface area (Å²) in [5.41, 5.74) is -0.401. The highest BCUT2D eigenvalue weighted by molar-refractivity contribution is 9.10. The first kappa shape index (κ1) is 16.7. The molecular formula is C15H20BrN3O3. The van der Waals surface area contributed by atoms with Crippen LogP contribution in [0.3, 0.4) is 0 Å². The van der Waals surface area contributed by atoms with Gasteiger partial charge >= 0.3 is 6.09 Å². The van der Waals surface area contributed by atoms with E-state index in [0.29, 0.717) is 18.8 Å². The lowest BCUT2D eigenvalue weighted by Crippen LogP contribution is -2.49. The molecule has 2 heterocycles. The monoisotopic (exact) mass is 369 g/mol. The number of alkyl carbamates (subject to hydrolysis) is 1. The standard InChI is InChI=1S/C15H20BrN3O3/c1-15(2,3)18-14(21)22-11-5-4-8-19(13(11)20)12-7-6-10(16)9-17-12/h6-7,9,11H,4-5,8H2,1-3H3,(H,18,21)/t11-/m0/s1. The summed E-state index contributed by atoms with van der Waals surface area (Å²) in [5.74, 6) is 0.336. The number of anilines is 1. The van der Waals surface area contributed by atoms with E-state index < -0.39 is 17.7 Å². The van der Waals surface area contributed by atoms with Gasteiger partial charge in [0.05, 0.1) is 0 Å². The highest BCUT2D eigenvalue weighted by Crippen LogP contribution is 2.22. The molecule has 0 saturated carbocycles. The molecule has 7 heteroatoms. The van der Waals surface area contributed by atoms with Gasteiger partial charge in [0.25, 0.3) is 5.91 Å². The quantitative estimate of drug-likeness (QED) is 0.869. The van der Waals surface area contributed by atoms with Crippen LogP contribution in [0.15, 0.2) is 22.8 Å². The third kappa shape index (κ3) is 4.43. The summed E-state index contributed by atoms with van der Waals surface area (Å²) in [7, 11) is 0. The molecule has 1 aromatic rings. The summed E-state index contributed by atoms with van der Waals surface area (Å²) in [6, 6.07) is 3.59. The Bertz CT molecular complexity index is 554. The van der Waals surface area contributed by atoms with Crippen molar-refractivity contribution in [3.05, 3.63) is 22.8 Å². The molecule has 2 amide bonds. The fourth-order valence-corrected chi connectivity index (χ4v) is 2.41. The van der Waals surface area contributed by atoms with E-state index in [1.807, 2.05) is 26.8 Å². The number of hydrogen-bond donors (Lipinski definition) is 1. The van der Waals surface area contributed by atoms with Crippen molar-refractivity contribution in [2.45, 2.75) is 45.3 Å². The second-order valence-electron chi connectivity index (χ2n) is 6.24. The van der Waals surface area contributed by atoms with Crippen molar-refractivity contribution >= 4 is 33.7 Å². The zero-order valence-electron chi connectivity index (χ0n) is 12.9. The molecule has 0 aliphatic carbocycles. The number of ether oxygens (including phenoxy) is 1. The number of halogens is 1. The summed E-state index contributed by atoms with van der Waals surface area (Å²) in [4.78, 5) is 30.1. The minimum Gasteiger partial charge on any atom is -0.436 e. The number of nitrogens with zero attached hydrogens (tertiary/aromatic N) is 2. The van der Waals surface area contributed by atoms with Crippen LogP contribution >= 0.6 is 15.9 Å². The van der Waals surface area contributed by atoms with Gasteiger partial charge in [-0.1, -0.05) is 0 Å². The molecule has 1 atom stereocenters. The molecule has 1 fully saturated rings. The Kier molecular flexibility index (Phi) is 5.05. The Morgan fingerprint density at radius 2 is 2.18 bits per heavy atom. The van der Waals surface area contributed by atoms with Crippen LogP contribution in [0.4, 0.5) is 10.6 Å². The molecule has 0 radical (unpaired) electrons. The smallest absolute Gasteiger partial charge is 0.408 e. The summed E-state index contributed by atoms with van der Waals surface area (Å²) in [6.45, 7) is 6.15. The number of amides is 2. The number of pyridine rings is 1. The lowest BCUT2D eigenvalue weighted by Gasteiger charge is -2.31. The van der Waals surface area contributed by atoms with Crippen LogP contribution in [0.2, 0.25) is 0 Å². The SMILES string of the molecule is CC(C)(C)NC(=O)O[C@H]1CCCN(c2ccc(Br)cn2)C1=O. The largest absolute Gasteiger partial charge is 0.436 e. The lowest BCUT2D eigenvalue weighted by molar-refractivity contribution is -0.128. The second-order valence-corrected chi connectivity index (χ2v) is 7.15. The van der Waals surface area contributed by atoms with E-state index in [1.54, 1.807) is 17.2 Å². The van der Waals surface area contributed by atoms with Gasteiger partial charge in [0.1, 0.15) is 5.82 Å². The Balaban J connectivity index is 2.04. The van der Waals surface area contributed by atoms with Crippen LogP contribution in [-0.4, -0.2) is 35.2 Å². The van der Waals surface area contributed by atoms with Gasteiger partial charge in [0, 0.05) is 22.8 Å². The molecule has 0 aromatic carbocycles. The number of hydrogen-bond acceptors (Lipinski definition) is 4. The number of carbonyl (C=O) groups is 2. The number of piperidine rings is 1. The highest BCUT2D eigenvalue weighted by atomic mass is 79.9. The van der Waals surface area contributed by atoms with Crippen molar-refractivity contribution in [2.75, 3.05) is 11.4 Å². The molecule has 2 rings (SSSR count). The maximum Gasteiger partial charge on any atom is 0.408 e. The minimum atomic E-state index is -0.762. The van der Waals surface area contributed by atoms with Crippen molar-refractivity contribution < 1.29 is 14.3 Å². The third-order valence-electron chi connectivity index (χ3n) is 3.10. The van der Waals surface area contributed by atoms with Crippen LogP contribution in [0.25, 0.3) is 0 Å². The molecule has 1 aliphatic rings. The molecule has 0 unspecified atom stereocenters. The number of nitrogens with one attached hydrogen (secondary N) is 1. The minimum absolute atomic E-state index is 0.231. The van der Waals surface area contributed by atoms with Crippen molar-refractivity contribution in [3.63, 3.8) is 0 Å². The van der Waals surface area contributed by atoms with E-state index in [4.69, 9.17) is 4.74 Å². The first-order valence-corrected chi connectivity index (χ1v) is 7.97. The van der Waals surface area contributed by atoms with E-state index >= 15 is 0 Å². The lowest BCUT2D eigenvalue weighted by atomic mass is 10.1. The van der Waals surface area contributed by atoms with Gasteiger partial charge < -0.3 is 10.1 Å². The van der Waals surface area contributed by atoms with Gasteiger partial charge in [-0.05, 0) is 61.7 Å². The Labute approximate surface area is 138 Å². The molecule has 1 aliphatic heterocycles. The first-order chi connectivity index (χ1) is 10.3. The van der Waals surface area contributed by atoms with E-state index in [1.165, 1.54) is 0 Å². The average molecular weight is 370 g/mol. The number of rotatable bonds is 2. The zero-order chi connectivity index (χ0) is 16.3. The van der Waals surface area contributed by atoms with Crippen molar-refractivity contribution in [1.82, 2.24) is 10.3 Å². The predicted molar refractivity (Wildman–Crippen MR) is 86.7 cm³/mol. The summed E-state index contributed by atoms with van der Waals surface area (Å²) < 4.78 is 6.12. The molecule has 6 nitrogen and oxygen atoms in total.